The number of hydrogen-bond donors (Lipinski definition) is 2. The average Bonchev–Trinajstić information content (AvgIpc) is 3.05. The van der Waals surface area contributed by atoms with E-state index < -0.39 is 5.97 Å². The molecule has 2 N–H and O–H groups in total. The van der Waals surface area contributed by atoms with E-state index in [0.29, 0.717) is 39.5 Å². The second kappa shape index (κ2) is 8.70. The molecule has 4 rings (SSSR count). The number of aromatic carboxylic acids is 1. The van der Waals surface area contributed by atoms with Gasteiger partial charge in [0, 0.05) is 17.0 Å². The number of rotatable bonds is 6. The normalized spacial score (nSPS) is 11.0. The summed E-state index contributed by atoms with van der Waals surface area (Å²) in [5, 5.41) is 14.4. The lowest BCUT2D eigenvalue weighted by Crippen LogP contribution is -2.04. The van der Waals surface area contributed by atoms with Crippen molar-refractivity contribution in [2.24, 2.45) is 0 Å². The lowest BCUT2D eigenvalue weighted by Gasteiger charge is -2.11. The van der Waals surface area contributed by atoms with Crippen LogP contribution < -0.4 is 10.1 Å². The van der Waals surface area contributed by atoms with E-state index >= 15 is 0 Å². The monoisotopic (exact) mass is 473 g/mol. The number of nitrogens with one attached hydrogen (secondary N) is 1. The third-order valence-corrected chi connectivity index (χ3v) is 6.60. The lowest BCUT2D eigenvalue weighted by molar-refractivity contribution is 0.0697. The molecule has 0 saturated heterocycles. The van der Waals surface area contributed by atoms with Crippen molar-refractivity contribution in [3.05, 3.63) is 68.5 Å². The summed E-state index contributed by atoms with van der Waals surface area (Å²) in [7, 11) is 1.57. The largest absolute Gasteiger partial charge is 0.495 e. The fourth-order valence-electron chi connectivity index (χ4n) is 3.10. The van der Waals surface area contributed by atoms with Gasteiger partial charge in [-0.2, -0.15) is 0 Å². The van der Waals surface area contributed by atoms with Gasteiger partial charge in [-0.15, -0.1) is 11.3 Å². The van der Waals surface area contributed by atoms with Gasteiger partial charge >= 0.3 is 5.97 Å². The van der Waals surface area contributed by atoms with Crippen LogP contribution in [0.3, 0.4) is 0 Å². The maximum Gasteiger partial charge on any atom is 0.335 e. The number of aromatic nitrogens is 2. The number of benzene rings is 2. The molecule has 2 aromatic carbocycles. The number of nitrogens with zero attached hydrogens (tertiary/aromatic N) is 2. The maximum absolute atomic E-state index is 11.1. The third kappa shape index (κ3) is 4.30. The Morgan fingerprint density at radius 2 is 1.90 bits per heavy atom. The highest BCUT2D eigenvalue weighted by Crippen LogP contribution is 2.39. The Labute approximate surface area is 192 Å². The number of fused-ring (bicyclic) bond motifs is 1. The zero-order valence-corrected chi connectivity index (χ0v) is 18.9. The Bertz CT molecular complexity index is 1290. The predicted octanol–water partition coefficient (Wildman–Crippen LogP) is 6.29. The molecular weight excluding hydrogens is 457 g/mol. The van der Waals surface area contributed by atoms with E-state index in [4.69, 9.17) is 33.0 Å². The molecule has 9 heteroatoms. The van der Waals surface area contributed by atoms with Gasteiger partial charge in [0.15, 0.2) is 5.82 Å². The molecule has 0 bridgehead atoms. The first-order valence-corrected chi connectivity index (χ1v) is 10.8. The zero-order chi connectivity index (χ0) is 22.1. The molecular formula is C22H17Cl2N3O3S. The van der Waals surface area contributed by atoms with Crippen LogP contribution in [0, 0.1) is 6.92 Å². The summed E-state index contributed by atoms with van der Waals surface area (Å²) >= 11 is 14.3. The van der Waals surface area contributed by atoms with Crippen molar-refractivity contribution in [1.29, 1.82) is 0 Å². The van der Waals surface area contributed by atoms with Crippen LogP contribution in [0.4, 0.5) is 5.82 Å². The van der Waals surface area contributed by atoms with Crippen LogP contribution in [0.2, 0.25) is 10.0 Å². The summed E-state index contributed by atoms with van der Waals surface area (Å²) in [6.45, 7) is 2.40. The Balaban J connectivity index is 1.72. The van der Waals surface area contributed by atoms with Crippen molar-refractivity contribution >= 4 is 56.5 Å². The molecule has 2 aromatic heterocycles. The molecule has 0 aliphatic heterocycles. The highest BCUT2D eigenvalue weighted by molar-refractivity contribution is 7.19. The Morgan fingerprint density at radius 1 is 1.16 bits per heavy atom. The quantitative estimate of drug-likeness (QED) is 0.342. The summed E-state index contributed by atoms with van der Waals surface area (Å²) in [6, 6.07) is 12.0. The topological polar surface area (TPSA) is 84.3 Å². The smallest absolute Gasteiger partial charge is 0.335 e. The molecule has 4 aromatic rings. The Morgan fingerprint density at radius 3 is 2.55 bits per heavy atom. The third-order valence-electron chi connectivity index (χ3n) is 4.72. The van der Waals surface area contributed by atoms with Gasteiger partial charge in [0.2, 0.25) is 0 Å². The number of carbonyl (C=O) groups is 1. The van der Waals surface area contributed by atoms with Gasteiger partial charge in [0.05, 0.1) is 28.1 Å². The minimum absolute atomic E-state index is 0.203. The number of thiophene rings is 1. The van der Waals surface area contributed by atoms with Crippen LogP contribution in [0.1, 0.15) is 20.8 Å². The standard InChI is InChI=1S/C22H17Cl2N3O3S/c1-11-18(24)17-20(25-10-12-3-8-16(30-2)15(23)9-12)26-19(27-21(17)31-11)13-4-6-14(7-5-13)22(28)29/h3-9H,10H2,1-2H3,(H,28,29)(H,25,26,27). The molecule has 6 nitrogen and oxygen atoms in total. The fourth-order valence-corrected chi connectivity index (χ4v) is 4.65. The fraction of sp³-hybridized carbons (Fsp3) is 0.136. The van der Waals surface area contributed by atoms with Gasteiger partial charge in [-0.25, -0.2) is 14.8 Å². The number of carboxylic acid groups (broad SMARTS) is 1. The summed E-state index contributed by atoms with van der Waals surface area (Å²) in [4.78, 5) is 22.2. The number of aryl methyl sites for hydroxylation is 1. The SMILES string of the molecule is COc1ccc(CNc2nc(-c3ccc(C(=O)O)cc3)nc3sc(C)c(Cl)c23)cc1Cl. The van der Waals surface area contributed by atoms with Crippen molar-refractivity contribution in [3.63, 3.8) is 0 Å². The van der Waals surface area contributed by atoms with Gasteiger partial charge in [0.1, 0.15) is 16.4 Å². The minimum atomic E-state index is -0.982. The molecule has 31 heavy (non-hydrogen) atoms. The van der Waals surface area contributed by atoms with Crippen LogP contribution in [-0.2, 0) is 6.54 Å². The van der Waals surface area contributed by atoms with E-state index in [1.807, 2.05) is 25.1 Å². The highest BCUT2D eigenvalue weighted by Gasteiger charge is 2.17. The van der Waals surface area contributed by atoms with E-state index in [1.165, 1.54) is 23.5 Å². The number of anilines is 1. The Kier molecular flexibility index (Phi) is 6.00. The average molecular weight is 474 g/mol. The van der Waals surface area contributed by atoms with E-state index in [2.05, 4.69) is 15.3 Å². The van der Waals surface area contributed by atoms with E-state index in [1.54, 1.807) is 19.2 Å². The van der Waals surface area contributed by atoms with Crippen LogP contribution in [-0.4, -0.2) is 28.2 Å². The van der Waals surface area contributed by atoms with Crippen LogP contribution >= 0.6 is 34.5 Å². The first-order chi connectivity index (χ1) is 14.9. The van der Waals surface area contributed by atoms with Gasteiger partial charge in [-0.3, -0.25) is 0 Å². The molecule has 0 saturated carbocycles. The first-order valence-electron chi connectivity index (χ1n) is 9.24. The van der Waals surface area contributed by atoms with Crippen LogP contribution in [0.15, 0.2) is 42.5 Å². The maximum atomic E-state index is 11.1. The second-order valence-electron chi connectivity index (χ2n) is 6.75. The van der Waals surface area contributed by atoms with Gasteiger partial charge < -0.3 is 15.2 Å². The molecule has 2 heterocycles. The number of methoxy groups -OCH3 is 1. The van der Waals surface area contributed by atoms with Crippen molar-refractivity contribution in [1.82, 2.24) is 9.97 Å². The predicted molar refractivity (Wildman–Crippen MR) is 125 cm³/mol. The van der Waals surface area contributed by atoms with Crippen LogP contribution in [0.25, 0.3) is 21.6 Å². The molecule has 0 radical (unpaired) electrons. The molecule has 158 valence electrons. The van der Waals surface area contributed by atoms with E-state index in [0.717, 1.165) is 20.7 Å². The summed E-state index contributed by atoms with van der Waals surface area (Å²) in [5.41, 5.74) is 1.87. The van der Waals surface area contributed by atoms with E-state index in [-0.39, 0.29) is 5.56 Å². The van der Waals surface area contributed by atoms with Crippen molar-refractivity contribution in [3.8, 4) is 17.1 Å². The molecule has 0 unspecified atom stereocenters. The molecule has 0 spiro atoms. The number of halogens is 2. The first kappa shape index (κ1) is 21.4. The number of ether oxygens (including phenoxy) is 1. The molecule has 0 aliphatic rings. The van der Waals surface area contributed by atoms with Gasteiger partial charge in [0.25, 0.3) is 0 Å². The van der Waals surface area contributed by atoms with Crippen molar-refractivity contribution in [2.75, 3.05) is 12.4 Å². The molecule has 0 atom stereocenters. The summed E-state index contributed by atoms with van der Waals surface area (Å²) < 4.78 is 5.20. The Hall–Kier alpha value is -2.87. The minimum Gasteiger partial charge on any atom is -0.495 e. The summed E-state index contributed by atoms with van der Waals surface area (Å²) in [6.07, 6.45) is 0. The van der Waals surface area contributed by atoms with Crippen molar-refractivity contribution < 1.29 is 14.6 Å². The summed E-state index contributed by atoms with van der Waals surface area (Å²) in [5.74, 6) is 0.712. The molecule has 0 aliphatic carbocycles. The molecule has 0 amide bonds. The zero-order valence-electron chi connectivity index (χ0n) is 16.6. The lowest BCUT2D eigenvalue weighted by atomic mass is 10.1. The second-order valence-corrected chi connectivity index (χ2v) is 8.74. The van der Waals surface area contributed by atoms with Crippen molar-refractivity contribution in [2.45, 2.75) is 13.5 Å². The highest BCUT2D eigenvalue weighted by atomic mass is 35.5. The van der Waals surface area contributed by atoms with Gasteiger partial charge in [-0.05, 0) is 36.8 Å². The molecule has 0 fully saturated rings. The number of hydrogen-bond acceptors (Lipinski definition) is 6. The van der Waals surface area contributed by atoms with Gasteiger partial charge in [-0.1, -0.05) is 41.4 Å². The van der Waals surface area contributed by atoms with E-state index in [9.17, 15) is 4.79 Å². The number of carboxylic acids is 1. The van der Waals surface area contributed by atoms with Crippen LogP contribution in [0.5, 0.6) is 5.75 Å².